The summed E-state index contributed by atoms with van der Waals surface area (Å²) in [7, 11) is 0. The fourth-order valence-corrected chi connectivity index (χ4v) is 3.37. The van der Waals surface area contributed by atoms with Gasteiger partial charge in [-0.25, -0.2) is 0 Å². The molecule has 0 saturated heterocycles. The molecular formula is C24H32N2O3. The Morgan fingerprint density at radius 1 is 1.03 bits per heavy atom. The molecule has 1 atom stereocenters. The normalized spacial score (nSPS) is 11.6. The molecule has 29 heavy (non-hydrogen) atoms. The molecule has 2 aromatic rings. The number of amides is 2. The number of hydrogen-bond acceptors (Lipinski definition) is 3. The van der Waals surface area contributed by atoms with Crippen molar-refractivity contribution in [1.29, 1.82) is 0 Å². The predicted molar refractivity (Wildman–Crippen MR) is 116 cm³/mol. The molecule has 0 fully saturated rings. The van der Waals surface area contributed by atoms with Crippen LogP contribution in [0.3, 0.4) is 0 Å². The summed E-state index contributed by atoms with van der Waals surface area (Å²) in [6.07, 6.45) is 0.535. The Kier molecular flexibility index (Phi) is 8.25. The summed E-state index contributed by atoms with van der Waals surface area (Å²) < 4.78 is 5.81. The van der Waals surface area contributed by atoms with E-state index in [4.69, 9.17) is 4.74 Å². The standard InChI is InChI=1S/C24H32N2O3/c1-6-21(24(28)25-7-2)26(15-20-11-9-8-10-18(20)4)23(27)16-29-22-13-12-17(3)14-19(22)5/h8-14,21H,6-7,15-16H2,1-5H3,(H,25,28). The van der Waals surface area contributed by atoms with Gasteiger partial charge in [0.25, 0.3) is 5.91 Å². The van der Waals surface area contributed by atoms with Crippen molar-refractivity contribution in [3.8, 4) is 5.75 Å². The monoisotopic (exact) mass is 396 g/mol. The van der Waals surface area contributed by atoms with Gasteiger partial charge in [0.05, 0.1) is 0 Å². The van der Waals surface area contributed by atoms with Gasteiger partial charge in [-0.2, -0.15) is 0 Å². The van der Waals surface area contributed by atoms with Gasteiger partial charge < -0.3 is 15.0 Å². The number of aryl methyl sites for hydroxylation is 3. The summed E-state index contributed by atoms with van der Waals surface area (Å²) in [6.45, 7) is 10.6. The van der Waals surface area contributed by atoms with Crippen molar-refractivity contribution in [3.63, 3.8) is 0 Å². The van der Waals surface area contributed by atoms with Gasteiger partial charge in [-0.05, 0) is 56.9 Å². The Labute approximate surface area is 174 Å². The largest absolute Gasteiger partial charge is 0.483 e. The number of carbonyl (C=O) groups excluding carboxylic acids is 2. The zero-order valence-corrected chi connectivity index (χ0v) is 18.1. The van der Waals surface area contributed by atoms with Crippen LogP contribution in [0.4, 0.5) is 0 Å². The summed E-state index contributed by atoms with van der Waals surface area (Å²) in [6, 6.07) is 13.2. The minimum Gasteiger partial charge on any atom is -0.483 e. The maximum atomic E-state index is 13.1. The molecule has 2 aromatic carbocycles. The SMILES string of the molecule is CCNC(=O)C(CC)N(Cc1ccccc1C)C(=O)COc1ccc(C)cc1C. The highest BCUT2D eigenvalue weighted by molar-refractivity contribution is 5.88. The summed E-state index contributed by atoms with van der Waals surface area (Å²) in [4.78, 5) is 27.4. The Morgan fingerprint density at radius 2 is 1.76 bits per heavy atom. The number of rotatable bonds is 9. The molecule has 2 amide bonds. The van der Waals surface area contributed by atoms with Crippen LogP contribution < -0.4 is 10.1 Å². The molecular weight excluding hydrogens is 364 g/mol. The van der Waals surface area contributed by atoms with Crippen LogP contribution in [0.1, 0.15) is 42.5 Å². The highest BCUT2D eigenvalue weighted by Crippen LogP contribution is 2.20. The molecule has 156 valence electrons. The smallest absolute Gasteiger partial charge is 0.261 e. The first-order valence-electron chi connectivity index (χ1n) is 10.2. The average Bonchev–Trinajstić information content (AvgIpc) is 2.68. The molecule has 0 aliphatic heterocycles. The van der Waals surface area contributed by atoms with E-state index in [9.17, 15) is 9.59 Å². The van der Waals surface area contributed by atoms with Crippen molar-refractivity contribution < 1.29 is 14.3 Å². The Hall–Kier alpha value is -2.82. The van der Waals surface area contributed by atoms with E-state index < -0.39 is 6.04 Å². The van der Waals surface area contributed by atoms with Crippen molar-refractivity contribution in [2.45, 2.75) is 53.6 Å². The van der Waals surface area contributed by atoms with Crippen LogP contribution in [-0.4, -0.2) is 35.9 Å². The van der Waals surface area contributed by atoms with Gasteiger partial charge in [0.1, 0.15) is 11.8 Å². The first-order valence-corrected chi connectivity index (χ1v) is 10.2. The minimum atomic E-state index is -0.537. The number of ether oxygens (including phenoxy) is 1. The summed E-state index contributed by atoms with van der Waals surface area (Å²) in [5, 5.41) is 2.85. The van der Waals surface area contributed by atoms with Crippen molar-refractivity contribution >= 4 is 11.8 Å². The van der Waals surface area contributed by atoms with Crippen molar-refractivity contribution in [3.05, 3.63) is 64.7 Å². The van der Waals surface area contributed by atoms with Crippen LogP contribution in [0.2, 0.25) is 0 Å². The third-order valence-electron chi connectivity index (χ3n) is 5.02. The van der Waals surface area contributed by atoms with Gasteiger partial charge in [0, 0.05) is 13.1 Å². The molecule has 0 spiro atoms. The second-order valence-electron chi connectivity index (χ2n) is 7.32. The molecule has 0 aliphatic carbocycles. The van der Waals surface area contributed by atoms with Gasteiger partial charge in [-0.3, -0.25) is 9.59 Å². The van der Waals surface area contributed by atoms with Crippen LogP contribution >= 0.6 is 0 Å². The van der Waals surface area contributed by atoms with E-state index in [1.54, 1.807) is 4.90 Å². The third kappa shape index (κ3) is 6.08. The summed E-state index contributed by atoms with van der Waals surface area (Å²) in [5.74, 6) is 0.348. The maximum Gasteiger partial charge on any atom is 0.261 e. The zero-order chi connectivity index (χ0) is 21.4. The van der Waals surface area contributed by atoms with Gasteiger partial charge >= 0.3 is 0 Å². The molecule has 0 aromatic heterocycles. The van der Waals surface area contributed by atoms with Gasteiger partial charge in [0.15, 0.2) is 6.61 Å². The Morgan fingerprint density at radius 3 is 2.38 bits per heavy atom. The Bertz CT molecular complexity index is 848. The van der Waals surface area contributed by atoms with Crippen LogP contribution in [0, 0.1) is 20.8 Å². The highest BCUT2D eigenvalue weighted by Gasteiger charge is 2.29. The fraction of sp³-hybridized carbons (Fsp3) is 0.417. The molecule has 0 aliphatic rings. The van der Waals surface area contributed by atoms with Crippen molar-refractivity contribution in [1.82, 2.24) is 10.2 Å². The number of likely N-dealkylation sites (N-methyl/N-ethyl adjacent to an activating group) is 1. The predicted octanol–water partition coefficient (Wildman–Crippen LogP) is 3.93. The fourth-order valence-electron chi connectivity index (χ4n) is 3.37. The molecule has 0 radical (unpaired) electrons. The second-order valence-corrected chi connectivity index (χ2v) is 7.32. The van der Waals surface area contributed by atoms with Gasteiger partial charge in [0.2, 0.25) is 5.91 Å². The van der Waals surface area contributed by atoms with E-state index in [1.165, 1.54) is 0 Å². The minimum absolute atomic E-state index is 0.105. The third-order valence-corrected chi connectivity index (χ3v) is 5.02. The van der Waals surface area contributed by atoms with E-state index in [-0.39, 0.29) is 18.4 Å². The number of nitrogens with zero attached hydrogens (tertiary/aromatic N) is 1. The molecule has 5 heteroatoms. The molecule has 0 bridgehead atoms. The van der Waals surface area contributed by atoms with E-state index in [1.807, 2.05) is 77.1 Å². The lowest BCUT2D eigenvalue weighted by atomic mass is 10.1. The van der Waals surface area contributed by atoms with Gasteiger partial charge in [-0.15, -0.1) is 0 Å². The topological polar surface area (TPSA) is 58.6 Å². The van der Waals surface area contributed by atoms with Crippen molar-refractivity contribution in [2.75, 3.05) is 13.2 Å². The van der Waals surface area contributed by atoms with E-state index in [0.29, 0.717) is 25.3 Å². The summed E-state index contributed by atoms with van der Waals surface area (Å²) >= 11 is 0. The molecule has 5 nitrogen and oxygen atoms in total. The van der Waals surface area contributed by atoms with Gasteiger partial charge in [-0.1, -0.05) is 48.9 Å². The van der Waals surface area contributed by atoms with Crippen LogP contribution in [0.5, 0.6) is 5.75 Å². The molecule has 1 N–H and O–H groups in total. The molecule has 1 unspecified atom stereocenters. The first kappa shape index (κ1) is 22.5. The number of hydrogen-bond donors (Lipinski definition) is 1. The number of carbonyl (C=O) groups is 2. The summed E-state index contributed by atoms with van der Waals surface area (Å²) in [5.41, 5.74) is 4.24. The molecule has 2 rings (SSSR count). The van der Waals surface area contributed by atoms with E-state index in [2.05, 4.69) is 5.32 Å². The van der Waals surface area contributed by atoms with E-state index >= 15 is 0 Å². The lowest BCUT2D eigenvalue weighted by Gasteiger charge is -2.31. The van der Waals surface area contributed by atoms with Crippen molar-refractivity contribution in [2.24, 2.45) is 0 Å². The number of benzene rings is 2. The first-order chi connectivity index (χ1) is 13.9. The lowest BCUT2D eigenvalue weighted by Crippen LogP contribution is -2.50. The highest BCUT2D eigenvalue weighted by atomic mass is 16.5. The zero-order valence-electron chi connectivity index (χ0n) is 18.1. The number of nitrogens with one attached hydrogen (secondary N) is 1. The van der Waals surface area contributed by atoms with Crippen LogP contribution in [0.25, 0.3) is 0 Å². The molecule has 0 heterocycles. The molecule has 0 saturated carbocycles. The average molecular weight is 397 g/mol. The van der Waals surface area contributed by atoms with Crippen LogP contribution in [-0.2, 0) is 16.1 Å². The van der Waals surface area contributed by atoms with Crippen LogP contribution in [0.15, 0.2) is 42.5 Å². The lowest BCUT2D eigenvalue weighted by molar-refractivity contribution is -0.142. The second kappa shape index (κ2) is 10.6. The quantitative estimate of drug-likeness (QED) is 0.699. The maximum absolute atomic E-state index is 13.1. The van der Waals surface area contributed by atoms with E-state index in [0.717, 1.165) is 22.3 Å². The Balaban J connectivity index is 2.23.